The second-order valence-corrected chi connectivity index (χ2v) is 5.49. The lowest BCUT2D eigenvalue weighted by Crippen LogP contribution is -2.21. The highest BCUT2D eigenvalue weighted by atomic mass is 16.5. The number of amides is 1. The third kappa shape index (κ3) is 4.57. The maximum absolute atomic E-state index is 12.1. The molecule has 0 unspecified atom stereocenters. The second kappa shape index (κ2) is 8.62. The van der Waals surface area contributed by atoms with Gasteiger partial charge in [-0.25, -0.2) is 9.67 Å². The first kappa shape index (κ1) is 17.4. The molecule has 0 fully saturated rings. The molecule has 2 aromatic heterocycles. The molecule has 2 heterocycles. The van der Waals surface area contributed by atoms with Crippen LogP contribution in [0.1, 0.15) is 18.1 Å². The van der Waals surface area contributed by atoms with Crippen molar-refractivity contribution in [1.29, 1.82) is 0 Å². The highest BCUT2D eigenvalue weighted by Crippen LogP contribution is 2.13. The van der Waals surface area contributed by atoms with E-state index in [4.69, 9.17) is 4.74 Å². The monoisotopic (exact) mass is 348 g/mol. The number of aromatic nitrogens is 3. The predicted octanol–water partition coefficient (Wildman–Crippen LogP) is 3.00. The molecule has 132 valence electrons. The molecule has 0 saturated heterocycles. The molecule has 3 rings (SSSR count). The molecular formula is C20H20N4O2. The van der Waals surface area contributed by atoms with Gasteiger partial charge in [-0.2, -0.15) is 5.10 Å². The molecule has 0 aliphatic rings. The molecule has 0 atom stereocenters. The fraction of sp³-hybridized carbons (Fsp3) is 0.150. The summed E-state index contributed by atoms with van der Waals surface area (Å²) in [5.74, 6) is 1.35. The lowest BCUT2D eigenvalue weighted by Gasteiger charge is -2.08. The number of carbonyl (C=O) groups is 1. The summed E-state index contributed by atoms with van der Waals surface area (Å²) >= 11 is 0. The molecule has 3 aromatic rings. The third-order valence-electron chi connectivity index (χ3n) is 3.66. The molecule has 0 spiro atoms. The summed E-state index contributed by atoms with van der Waals surface area (Å²) in [7, 11) is 0. The minimum atomic E-state index is -0.172. The molecule has 26 heavy (non-hydrogen) atoms. The van der Waals surface area contributed by atoms with Crippen LogP contribution in [-0.2, 0) is 11.3 Å². The van der Waals surface area contributed by atoms with E-state index in [1.165, 1.54) is 6.08 Å². The molecule has 0 saturated carbocycles. The summed E-state index contributed by atoms with van der Waals surface area (Å²) in [4.78, 5) is 16.4. The van der Waals surface area contributed by atoms with Gasteiger partial charge >= 0.3 is 0 Å². The molecule has 6 nitrogen and oxygen atoms in total. The van der Waals surface area contributed by atoms with Gasteiger partial charge in [0.2, 0.25) is 5.91 Å². The summed E-state index contributed by atoms with van der Waals surface area (Å²) in [6.45, 7) is 2.94. The Balaban J connectivity index is 1.59. The molecule has 0 radical (unpaired) electrons. The number of rotatable bonds is 7. The summed E-state index contributed by atoms with van der Waals surface area (Å²) in [6, 6.07) is 13.2. The largest absolute Gasteiger partial charge is 0.494 e. The topological polar surface area (TPSA) is 69.0 Å². The van der Waals surface area contributed by atoms with Crippen molar-refractivity contribution in [3.05, 3.63) is 78.3 Å². The van der Waals surface area contributed by atoms with Gasteiger partial charge in [0.15, 0.2) is 5.82 Å². The van der Waals surface area contributed by atoms with Gasteiger partial charge in [0.05, 0.1) is 6.61 Å². The lowest BCUT2D eigenvalue weighted by atomic mass is 10.2. The van der Waals surface area contributed by atoms with Crippen LogP contribution in [0.4, 0.5) is 0 Å². The first-order chi connectivity index (χ1) is 12.8. The average Bonchev–Trinajstić information content (AvgIpc) is 3.21. The Hall–Kier alpha value is -3.41. The van der Waals surface area contributed by atoms with Gasteiger partial charge in [0, 0.05) is 36.8 Å². The van der Waals surface area contributed by atoms with Gasteiger partial charge in [0.1, 0.15) is 5.75 Å². The van der Waals surface area contributed by atoms with Crippen molar-refractivity contribution in [2.75, 3.05) is 6.61 Å². The van der Waals surface area contributed by atoms with Crippen molar-refractivity contribution in [2.45, 2.75) is 13.5 Å². The van der Waals surface area contributed by atoms with Crippen molar-refractivity contribution in [1.82, 2.24) is 20.1 Å². The van der Waals surface area contributed by atoms with Crippen molar-refractivity contribution in [3.8, 4) is 11.6 Å². The molecule has 1 amide bonds. The maximum Gasteiger partial charge on any atom is 0.244 e. The molecule has 0 aliphatic carbocycles. The number of hydrogen-bond donors (Lipinski definition) is 1. The van der Waals surface area contributed by atoms with Crippen molar-refractivity contribution >= 4 is 12.0 Å². The fourth-order valence-electron chi connectivity index (χ4n) is 2.42. The van der Waals surface area contributed by atoms with Crippen molar-refractivity contribution < 1.29 is 9.53 Å². The standard InChI is InChI=1S/C20H20N4O2/c1-2-26-18-9-6-16(7-10-18)8-11-19(25)22-15-17-5-3-12-21-20(17)24-14-4-13-23-24/h3-14H,2,15H2,1H3,(H,22,25)/b11-8+. The zero-order valence-electron chi connectivity index (χ0n) is 14.5. The Morgan fingerprint density at radius 3 is 2.77 bits per heavy atom. The van der Waals surface area contributed by atoms with E-state index in [0.717, 1.165) is 16.9 Å². The molecule has 1 N–H and O–H groups in total. The van der Waals surface area contributed by atoms with Crippen molar-refractivity contribution in [3.63, 3.8) is 0 Å². The van der Waals surface area contributed by atoms with Gasteiger partial charge < -0.3 is 10.1 Å². The fourth-order valence-corrected chi connectivity index (χ4v) is 2.42. The van der Waals surface area contributed by atoms with Crippen LogP contribution in [0.15, 0.2) is 67.1 Å². The third-order valence-corrected chi connectivity index (χ3v) is 3.66. The van der Waals surface area contributed by atoms with Crippen LogP contribution in [0.2, 0.25) is 0 Å². The second-order valence-electron chi connectivity index (χ2n) is 5.49. The Labute approximate surface area is 152 Å². The van der Waals surface area contributed by atoms with E-state index < -0.39 is 0 Å². The smallest absolute Gasteiger partial charge is 0.244 e. The van der Waals surface area contributed by atoms with Crippen LogP contribution < -0.4 is 10.1 Å². The van der Waals surface area contributed by atoms with E-state index in [0.29, 0.717) is 19.0 Å². The Morgan fingerprint density at radius 2 is 2.04 bits per heavy atom. The summed E-state index contributed by atoms with van der Waals surface area (Å²) in [5.41, 5.74) is 1.82. The van der Waals surface area contributed by atoms with Gasteiger partial charge in [-0.05, 0) is 42.8 Å². The van der Waals surface area contributed by atoms with E-state index in [-0.39, 0.29) is 5.91 Å². The van der Waals surface area contributed by atoms with E-state index in [1.807, 2.05) is 55.6 Å². The number of pyridine rings is 1. The van der Waals surface area contributed by atoms with Crippen molar-refractivity contribution in [2.24, 2.45) is 0 Å². The number of benzene rings is 1. The maximum atomic E-state index is 12.1. The highest BCUT2D eigenvalue weighted by molar-refractivity contribution is 5.91. The van der Waals surface area contributed by atoms with Crippen LogP contribution >= 0.6 is 0 Å². The summed E-state index contributed by atoms with van der Waals surface area (Å²) in [6.07, 6.45) is 8.49. The van der Waals surface area contributed by atoms with Crippen LogP contribution in [0.3, 0.4) is 0 Å². The van der Waals surface area contributed by atoms with E-state index in [2.05, 4.69) is 15.4 Å². The Morgan fingerprint density at radius 1 is 1.19 bits per heavy atom. The Kier molecular flexibility index (Phi) is 5.77. The highest BCUT2D eigenvalue weighted by Gasteiger charge is 2.06. The van der Waals surface area contributed by atoms with E-state index in [9.17, 15) is 4.79 Å². The quantitative estimate of drug-likeness (QED) is 0.667. The molecular weight excluding hydrogens is 328 g/mol. The summed E-state index contributed by atoms with van der Waals surface area (Å²) < 4.78 is 7.08. The van der Waals surface area contributed by atoms with E-state index in [1.54, 1.807) is 23.2 Å². The molecule has 0 bridgehead atoms. The number of hydrogen-bond acceptors (Lipinski definition) is 4. The Bertz CT molecular complexity index is 871. The molecule has 1 aromatic carbocycles. The van der Waals surface area contributed by atoms with Gasteiger partial charge in [-0.15, -0.1) is 0 Å². The van der Waals surface area contributed by atoms with Crippen LogP contribution in [0.5, 0.6) is 5.75 Å². The minimum absolute atomic E-state index is 0.172. The molecule has 6 heteroatoms. The van der Waals surface area contributed by atoms with E-state index >= 15 is 0 Å². The number of nitrogens with one attached hydrogen (secondary N) is 1. The predicted molar refractivity (Wildman–Crippen MR) is 99.9 cm³/mol. The zero-order valence-corrected chi connectivity index (χ0v) is 14.5. The number of ether oxygens (including phenoxy) is 1. The normalized spacial score (nSPS) is 10.8. The van der Waals surface area contributed by atoms with Crippen LogP contribution in [-0.4, -0.2) is 27.3 Å². The lowest BCUT2D eigenvalue weighted by molar-refractivity contribution is -0.116. The van der Waals surface area contributed by atoms with Gasteiger partial charge in [-0.3, -0.25) is 4.79 Å². The average molecular weight is 348 g/mol. The zero-order chi connectivity index (χ0) is 18.2. The van der Waals surface area contributed by atoms with Crippen LogP contribution in [0.25, 0.3) is 11.9 Å². The minimum Gasteiger partial charge on any atom is -0.494 e. The summed E-state index contributed by atoms with van der Waals surface area (Å²) in [5, 5.41) is 7.06. The first-order valence-corrected chi connectivity index (χ1v) is 8.39. The van der Waals surface area contributed by atoms with Crippen LogP contribution in [0, 0.1) is 0 Å². The SMILES string of the molecule is CCOc1ccc(/C=C/C(=O)NCc2cccnc2-n2cccn2)cc1. The molecule has 0 aliphatic heterocycles. The van der Waals surface area contributed by atoms with Gasteiger partial charge in [-0.1, -0.05) is 18.2 Å². The first-order valence-electron chi connectivity index (χ1n) is 8.39. The van der Waals surface area contributed by atoms with Gasteiger partial charge in [0.25, 0.3) is 0 Å². The number of carbonyl (C=O) groups excluding carboxylic acids is 1. The number of nitrogens with zero attached hydrogens (tertiary/aromatic N) is 3.